The zero-order valence-corrected chi connectivity index (χ0v) is 10.3. The second-order valence-corrected chi connectivity index (χ2v) is 3.97. The van der Waals surface area contributed by atoms with E-state index in [1.807, 2.05) is 36.7 Å². The standard InChI is InChI=1S/C13H16N2O2/c1-9-6-10(4-5-12(9)17-3)13-14-7-11(8-16)15(13)2/h4-7,16H,8H2,1-3H3. The van der Waals surface area contributed by atoms with E-state index in [0.717, 1.165) is 28.4 Å². The molecule has 2 rings (SSSR count). The Hall–Kier alpha value is -1.81. The van der Waals surface area contributed by atoms with Crippen LogP contribution in [0, 0.1) is 6.92 Å². The summed E-state index contributed by atoms with van der Waals surface area (Å²) in [5.74, 6) is 1.71. The van der Waals surface area contributed by atoms with Gasteiger partial charge in [-0.05, 0) is 30.7 Å². The Bertz CT molecular complexity index is 532. The maximum Gasteiger partial charge on any atom is 0.139 e. The third kappa shape index (κ3) is 2.03. The van der Waals surface area contributed by atoms with Gasteiger partial charge < -0.3 is 14.4 Å². The first-order valence-electron chi connectivity index (χ1n) is 5.44. The molecule has 0 aliphatic carbocycles. The number of aromatic nitrogens is 2. The number of benzene rings is 1. The number of rotatable bonds is 3. The van der Waals surface area contributed by atoms with Crippen LogP contribution in [0.25, 0.3) is 11.4 Å². The molecule has 0 saturated carbocycles. The zero-order chi connectivity index (χ0) is 12.4. The van der Waals surface area contributed by atoms with E-state index < -0.39 is 0 Å². The Morgan fingerprint density at radius 3 is 2.71 bits per heavy atom. The fourth-order valence-electron chi connectivity index (χ4n) is 1.88. The van der Waals surface area contributed by atoms with Crippen LogP contribution in [-0.2, 0) is 13.7 Å². The Morgan fingerprint density at radius 1 is 1.41 bits per heavy atom. The second kappa shape index (κ2) is 4.59. The van der Waals surface area contributed by atoms with Gasteiger partial charge in [-0.2, -0.15) is 0 Å². The highest BCUT2D eigenvalue weighted by atomic mass is 16.5. The van der Waals surface area contributed by atoms with Crippen molar-refractivity contribution in [3.63, 3.8) is 0 Å². The lowest BCUT2D eigenvalue weighted by atomic mass is 10.1. The number of hydrogen-bond donors (Lipinski definition) is 1. The van der Waals surface area contributed by atoms with Crippen LogP contribution >= 0.6 is 0 Å². The average Bonchev–Trinajstić information content (AvgIpc) is 2.70. The number of hydrogen-bond acceptors (Lipinski definition) is 3. The van der Waals surface area contributed by atoms with Crippen LogP contribution < -0.4 is 4.74 Å². The Labute approximate surface area is 100 Å². The van der Waals surface area contributed by atoms with Gasteiger partial charge in [0.25, 0.3) is 0 Å². The lowest BCUT2D eigenvalue weighted by Gasteiger charge is -2.08. The molecule has 4 nitrogen and oxygen atoms in total. The molecule has 1 aromatic heterocycles. The first-order valence-corrected chi connectivity index (χ1v) is 5.44. The van der Waals surface area contributed by atoms with Gasteiger partial charge in [-0.1, -0.05) is 0 Å². The topological polar surface area (TPSA) is 47.3 Å². The predicted octanol–water partition coefficient (Wildman–Crippen LogP) is 1.90. The minimum absolute atomic E-state index is 0.00135. The third-order valence-corrected chi connectivity index (χ3v) is 2.90. The monoisotopic (exact) mass is 232 g/mol. The van der Waals surface area contributed by atoms with E-state index in [1.165, 1.54) is 0 Å². The van der Waals surface area contributed by atoms with E-state index >= 15 is 0 Å². The van der Waals surface area contributed by atoms with Crippen molar-refractivity contribution >= 4 is 0 Å². The molecule has 0 fully saturated rings. The van der Waals surface area contributed by atoms with Crippen molar-refractivity contribution in [3.05, 3.63) is 35.7 Å². The Kier molecular flexibility index (Phi) is 3.15. The first kappa shape index (κ1) is 11.7. The summed E-state index contributed by atoms with van der Waals surface area (Å²) < 4.78 is 7.12. The molecule has 0 spiro atoms. The number of imidazole rings is 1. The van der Waals surface area contributed by atoms with Gasteiger partial charge in [0, 0.05) is 12.6 Å². The molecular weight excluding hydrogens is 216 g/mol. The smallest absolute Gasteiger partial charge is 0.139 e. The van der Waals surface area contributed by atoms with Gasteiger partial charge in [-0.15, -0.1) is 0 Å². The summed E-state index contributed by atoms with van der Waals surface area (Å²) in [5, 5.41) is 9.13. The SMILES string of the molecule is COc1ccc(-c2ncc(CO)n2C)cc1C. The molecule has 2 aromatic rings. The van der Waals surface area contributed by atoms with Crippen molar-refractivity contribution in [2.24, 2.45) is 7.05 Å². The molecule has 4 heteroatoms. The largest absolute Gasteiger partial charge is 0.496 e. The lowest BCUT2D eigenvalue weighted by Crippen LogP contribution is -1.98. The molecule has 90 valence electrons. The third-order valence-electron chi connectivity index (χ3n) is 2.90. The quantitative estimate of drug-likeness (QED) is 0.879. The molecular formula is C13H16N2O2. The number of ether oxygens (including phenoxy) is 1. The average molecular weight is 232 g/mol. The van der Waals surface area contributed by atoms with Crippen molar-refractivity contribution in [1.82, 2.24) is 9.55 Å². The second-order valence-electron chi connectivity index (χ2n) is 3.97. The van der Waals surface area contributed by atoms with Gasteiger partial charge in [-0.3, -0.25) is 0 Å². The molecule has 1 N–H and O–H groups in total. The molecule has 1 heterocycles. The van der Waals surface area contributed by atoms with Crippen molar-refractivity contribution in [1.29, 1.82) is 0 Å². The minimum atomic E-state index is -0.00135. The molecule has 0 aliphatic rings. The van der Waals surface area contributed by atoms with Gasteiger partial charge in [0.15, 0.2) is 0 Å². The molecule has 0 radical (unpaired) electrons. The van der Waals surface area contributed by atoms with E-state index in [4.69, 9.17) is 9.84 Å². The lowest BCUT2D eigenvalue weighted by molar-refractivity contribution is 0.273. The van der Waals surface area contributed by atoms with Crippen molar-refractivity contribution in [2.75, 3.05) is 7.11 Å². The van der Waals surface area contributed by atoms with E-state index in [-0.39, 0.29) is 6.61 Å². The molecule has 0 atom stereocenters. The number of methoxy groups -OCH3 is 1. The highest BCUT2D eigenvalue weighted by molar-refractivity contribution is 5.59. The van der Waals surface area contributed by atoms with E-state index in [2.05, 4.69) is 4.98 Å². The van der Waals surface area contributed by atoms with Crippen LogP contribution in [0.2, 0.25) is 0 Å². The maximum atomic E-state index is 9.13. The van der Waals surface area contributed by atoms with Crippen LogP contribution in [0.15, 0.2) is 24.4 Å². The molecule has 17 heavy (non-hydrogen) atoms. The van der Waals surface area contributed by atoms with Crippen molar-refractivity contribution in [2.45, 2.75) is 13.5 Å². The summed E-state index contributed by atoms with van der Waals surface area (Å²) in [6.07, 6.45) is 1.69. The highest BCUT2D eigenvalue weighted by Gasteiger charge is 2.09. The molecule has 0 amide bonds. The van der Waals surface area contributed by atoms with Crippen molar-refractivity contribution < 1.29 is 9.84 Å². The predicted molar refractivity (Wildman–Crippen MR) is 65.9 cm³/mol. The van der Waals surface area contributed by atoms with Crippen molar-refractivity contribution in [3.8, 4) is 17.1 Å². The van der Waals surface area contributed by atoms with E-state index in [0.29, 0.717) is 0 Å². The molecule has 0 aliphatic heterocycles. The number of aliphatic hydroxyl groups excluding tert-OH is 1. The van der Waals surface area contributed by atoms with Crippen LogP contribution in [0.3, 0.4) is 0 Å². The maximum absolute atomic E-state index is 9.13. The molecule has 1 aromatic carbocycles. The molecule has 0 saturated heterocycles. The fraction of sp³-hybridized carbons (Fsp3) is 0.308. The molecule has 0 unspecified atom stereocenters. The van der Waals surface area contributed by atoms with Crippen LogP contribution in [-0.4, -0.2) is 21.8 Å². The van der Waals surface area contributed by atoms with Gasteiger partial charge in [-0.25, -0.2) is 4.98 Å². The normalized spacial score (nSPS) is 10.6. The summed E-state index contributed by atoms with van der Waals surface area (Å²) in [6.45, 7) is 2.00. The fourth-order valence-corrected chi connectivity index (χ4v) is 1.88. The minimum Gasteiger partial charge on any atom is -0.496 e. The summed E-state index contributed by atoms with van der Waals surface area (Å²) in [5.41, 5.74) is 2.89. The summed E-state index contributed by atoms with van der Waals surface area (Å²) in [4.78, 5) is 4.32. The van der Waals surface area contributed by atoms with Gasteiger partial charge >= 0.3 is 0 Å². The Balaban J connectivity index is 2.46. The Morgan fingerprint density at radius 2 is 2.18 bits per heavy atom. The van der Waals surface area contributed by atoms with E-state index in [1.54, 1.807) is 13.3 Å². The number of nitrogens with zero attached hydrogens (tertiary/aromatic N) is 2. The van der Waals surface area contributed by atoms with E-state index in [9.17, 15) is 0 Å². The van der Waals surface area contributed by atoms with Gasteiger partial charge in [0.05, 0.1) is 25.6 Å². The van der Waals surface area contributed by atoms with Crippen LogP contribution in [0.5, 0.6) is 5.75 Å². The van der Waals surface area contributed by atoms with Gasteiger partial charge in [0.1, 0.15) is 11.6 Å². The van der Waals surface area contributed by atoms with Crippen LogP contribution in [0.4, 0.5) is 0 Å². The zero-order valence-electron chi connectivity index (χ0n) is 10.3. The summed E-state index contributed by atoms with van der Waals surface area (Å²) in [7, 11) is 3.56. The molecule has 0 bridgehead atoms. The van der Waals surface area contributed by atoms with Gasteiger partial charge in [0.2, 0.25) is 0 Å². The number of aryl methyl sites for hydroxylation is 1. The first-order chi connectivity index (χ1) is 8.17. The number of aliphatic hydroxyl groups is 1. The van der Waals surface area contributed by atoms with Crippen LogP contribution in [0.1, 0.15) is 11.3 Å². The summed E-state index contributed by atoms with van der Waals surface area (Å²) >= 11 is 0. The summed E-state index contributed by atoms with van der Waals surface area (Å²) in [6, 6.07) is 5.93. The highest BCUT2D eigenvalue weighted by Crippen LogP contribution is 2.25.